The van der Waals surface area contributed by atoms with Crippen LogP contribution in [0.3, 0.4) is 0 Å². The number of hydrogen-bond acceptors (Lipinski definition) is 9. The van der Waals surface area contributed by atoms with Gasteiger partial charge >= 0.3 is 18.1 Å². The molecule has 1 saturated heterocycles. The molecule has 2 aliphatic rings. The third kappa shape index (κ3) is 5.22. The van der Waals surface area contributed by atoms with Crippen LogP contribution in [0.15, 0.2) is 46.0 Å². The van der Waals surface area contributed by atoms with Crippen LogP contribution in [0.5, 0.6) is 0 Å². The van der Waals surface area contributed by atoms with Crippen LogP contribution in [0.1, 0.15) is 29.5 Å². The summed E-state index contributed by atoms with van der Waals surface area (Å²) in [6.07, 6.45) is -3.11. The summed E-state index contributed by atoms with van der Waals surface area (Å²) >= 11 is 7.34. The van der Waals surface area contributed by atoms with E-state index in [2.05, 4.69) is 15.3 Å². The van der Waals surface area contributed by atoms with Gasteiger partial charge in [-0.2, -0.15) is 18.2 Å². The highest BCUT2D eigenvalue weighted by molar-refractivity contribution is 7.11. The van der Waals surface area contributed by atoms with Crippen LogP contribution in [0.2, 0.25) is 5.02 Å². The molecule has 36 heavy (non-hydrogen) atoms. The predicted octanol–water partition coefficient (Wildman–Crippen LogP) is 4.19. The van der Waals surface area contributed by atoms with Crippen molar-refractivity contribution in [1.82, 2.24) is 15.4 Å². The molecule has 0 spiro atoms. The Hall–Kier alpha value is -3.03. The highest BCUT2D eigenvalue weighted by Crippen LogP contribution is 2.43. The Labute approximate surface area is 211 Å². The highest BCUT2D eigenvalue weighted by atomic mass is 35.5. The minimum Gasteiger partial charge on any atom is -0.466 e. The maximum absolute atomic E-state index is 13.8. The van der Waals surface area contributed by atoms with Gasteiger partial charge in [0.2, 0.25) is 5.84 Å². The second-order valence-corrected chi connectivity index (χ2v) is 9.15. The van der Waals surface area contributed by atoms with E-state index < -0.39 is 35.9 Å². The van der Waals surface area contributed by atoms with Crippen LogP contribution < -0.4 is 5.32 Å². The molecule has 0 radical (unpaired) electrons. The van der Waals surface area contributed by atoms with Gasteiger partial charge in [0.05, 0.1) is 18.4 Å². The minimum atomic E-state index is -5.32. The Bertz CT molecular complexity index is 1210. The summed E-state index contributed by atoms with van der Waals surface area (Å²) in [6, 6.07) is 2.28. The number of allylic oxidation sites excluding steroid dienone is 1. The lowest BCUT2D eigenvalue weighted by Crippen LogP contribution is -2.45. The van der Waals surface area contributed by atoms with E-state index in [0.29, 0.717) is 31.0 Å². The number of amidine groups is 1. The van der Waals surface area contributed by atoms with Gasteiger partial charge in [-0.15, -0.1) is 11.3 Å². The first kappa shape index (κ1) is 26.0. The van der Waals surface area contributed by atoms with Gasteiger partial charge in [0.25, 0.3) is 0 Å². The third-order valence-corrected chi connectivity index (χ3v) is 6.73. The molecule has 1 N–H and O–H groups in total. The predicted molar refractivity (Wildman–Crippen MR) is 121 cm³/mol. The first-order chi connectivity index (χ1) is 17.1. The van der Waals surface area contributed by atoms with Gasteiger partial charge in [-0.1, -0.05) is 17.7 Å². The van der Waals surface area contributed by atoms with Crippen molar-refractivity contribution in [2.75, 3.05) is 20.2 Å². The maximum Gasteiger partial charge on any atom is 0.493 e. The summed E-state index contributed by atoms with van der Waals surface area (Å²) in [7, 11) is 1.10. The summed E-state index contributed by atoms with van der Waals surface area (Å²) in [5.41, 5.74) is 0.0143. The van der Waals surface area contributed by atoms with Crippen molar-refractivity contribution in [2.24, 2.45) is 10.9 Å². The van der Waals surface area contributed by atoms with Crippen LogP contribution in [-0.4, -0.2) is 54.2 Å². The smallest absolute Gasteiger partial charge is 0.466 e. The Balaban J connectivity index is 1.99. The van der Waals surface area contributed by atoms with Crippen molar-refractivity contribution in [3.8, 4) is 0 Å². The number of methoxy groups -OCH3 is 1. The van der Waals surface area contributed by atoms with E-state index in [1.54, 1.807) is 5.38 Å². The lowest BCUT2D eigenvalue weighted by Gasteiger charge is -2.38. The standard InChI is InChI=1S/C22H19ClF4N4O4S/c1-34-20(32)15-16(13-3-2-12(24)10-14(13)23)30-18(19-29-8-9-36-19)31(35-21(33)22(25,26)27)17(15)11-4-6-28-7-5-11/h2-3,8-11,16,28H,4-7H2,1H3. The zero-order valence-electron chi connectivity index (χ0n) is 18.6. The molecule has 0 bridgehead atoms. The summed E-state index contributed by atoms with van der Waals surface area (Å²) in [5, 5.41) is 5.40. The number of benzene rings is 1. The molecule has 4 rings (SSSR count). The van der Waals surface area contributed by atoms with Crippen molar-refractivity contribution < 1.29 is 36.7 Å². The molecule has 8 nitrogen and oxygen atoms in total. The number of piperidine rings is 1. The number of nitrogens with zero attached hydrogens (tertiary/aromatic N) is 3. The molecule has 192 valence electrons. The number of thiazole rings is 1. The lowest BCUT2D eigenvalue weighted by molar-refractivity contribution is -0.222. The third-order valence-electron chi connectivity index (χ3n) is 5.63. The van der Waals surface area contributed by atoms with E-state index >= 15 is 0 Å². The number of carbonyl (C=O) groups is 2. The number of esters is 1. The summed E-state index contributed by atoms with van der Waals surface area (Å²) < 4.78 is 58.6. The molecule has 1 unspecified atom stereocenters. The molecule has 0 aliphatic carbocycles. The zero-order valence-corrected chi connectivity index (χ0v) is 20.2. The first-order valence-electron chi connectivity index (χ1n) is 10.7. The number of hydrogen-bond donors (Lipinski definition) is 1. The van der Waals surface area contributed by atoms with E-state index in [1.807, 2.05) is 0 Å². The average Bonchev–Trinajstić information content (AvgIpc) is 3.38. The second-order valence-electron chi connectivity index (χ2n) is 7.84. The van der Waals surface area contributed by atoms with E-state index in [4.69, 9.17) is 21.2 Å². The SMILES string of the molecule is COC(=O)C1=C(C2CCNCC2)N(OC(=O)C(F)(F)F)C(c2nccs2)=NC1c1ccc(F)cc1Cl. The van der Waals surface area contributed by atoms with Gasteiger partial charge in [0.1, 0.15) is 11.9 Å². The van der Waals surface area contributed by atoms with Crippen molar-refractivity contribution in [3.05, 3.63) is 62.5 Å². The fourth-order valence-electron chi connectivity index (χ4n) is 4.06. The van der Waals surface area contributed by atoms with E-state index in [9.17, 15) is 27.2 Å². The topological polar surface area (TPSA) is 93.1 Å². The molecule has 1 aromatic heterocycles. The fraction of sp³-hybridized carbons (Fsp3) is 0.364. The van der Waals surface area contributed by atoms with E-state index in [-0.39, 0.29) is 32.7 Å². The number of aliphatic imine (C=N–C) groups is 1. The number of aromatic nitrogens is 1. The molecule has 2 aromatic rings. The Morgan fingerprint density at radius 3 is 2.56 bits per heavy atom. The zero-order chi connectivity index (χ0) is 26.0. The number of carbonyl (C=O) groups excluding carboxylic acids is 2. The summed E-state index contributed by atoms with van der Waals surface area (Å²) in [6.45, 7) is 0.991. The van der Waals surface area contributed by atoms with Crippen molar-refractivity contribution >= 4 is 40.7 Å². The first-order valence-corrected chi connectivity index (χ1v) is 11.9. The molecule has 14 heteroatoms. The molecular weight excluding hydrogens is 528 g/mol. The number of nitrogens with one attached hydrogen (secondary N) is 1. The quantitative estimate of drug-likeness (QED) is 0.444. The van der Waals surface area contributed by atoms with Gasteiger partial charge < -0.3 is 14.9 Å². The van der Waals surface area contributed by atoms with E-state index in [1.165, 1.54) is 12.3 Å². The Kier molecular flexibility index (Phi) is 7.62. The molecular formula is C22H19ClF4N4O4S. The molecule has 0 amide bonds. The molecule has 1 fully saturated rings. The number of hydroxylamine groups is 2. The van der Waals surface area contributed by atoms with Crippen molar-refractivity contribution in [2.45, 2.75) is 25.1 Å². The summed E-state index contributed by atoms with van der Waals surface area (Å²) in [4.78, 5) is 38.5. The van der Waals surface area contributed by atoms with Crippen molar-refractivity contribution in [3.63, 3.8) is 0 Å². The minimum absolute atomic E-state index is 0.0217. The molecule has 0 saturated carbocycles. The van der Waals surface area contributed by atoms with Crippen LogP contribution in [0.25, 0.3) is 0 Å². The van der Waals surface area contributed by atoms with Gasteiger partial charge in [0, 0.05) is 28.1 Å². The van der Waals surface area contributed by atoms with Gasteiger partial charge in [-0.05, 0) is 38.1 Å². The molecule has 1 aromatic carbocycles. The number of ether oxygens (including phenoxy) is 1. The van der Waals surface area contributed by atoms with Gasteiger partial charge in [0.15, 0.2) is 5.01 Å². The molecule has 2 aliphatic heterocycles. The van der Waals surface area contributed by atoms with Gasteiger partial charge in [-0.25, -0.2) is 24.0 Å². The lowest BCUT2D eigenvalue weighted by atomic mass is 9.86. The average molecular weight is 547 g/mol. The second kappa shape index (κ2) is 10.5. The monoisotopic (exact) mass is 546 g/mol. The molecule has 3 heterocycles. The number of halogens is 5. The fourth-order valence-corrected chi connectivity index (χ4v) is 4.95. The van der Waals surface area contributed by atoms with E-state index in [0.717, 1.165) is 30.6 Å². The normalized spacial score (nSPS) is 19.2. The van der Waals surface area contributed by atoms with Crippen LogP contribution in [0, 0.1) is 11.7 Å². The van der Waals surface area contributed by atoms with Crippen molar-refractivity contribution in [1.29, 1.82) is 0 Å². The Morgan fingerprint density at radius 1 is 1.25 bits per heavy atom. The summed E-state index contributed by atoms with van der Waals surface area (Å²) in [5.74, 6) is -4.79. The molecule has 1 atom stereocenters. The number of alkyl halides is 3. The van der Waals surface area contributed by atoms with Crippen LogP contribution in [-0.2, 0) is 19.2 Å². The number of rotatable bonds is 5. The largest absolute Gasteiger partial charge is 0.493 e. The van der Waals surface area contributed by atoms with Crippen LogP contribution in [0.4, 0.5) is 17.6 Å². The Morgan fingerprint density at radius 2 is 1.97 bits per heavy atom. The maximum atomic E-state index is 13.8. The van der Waals surface area contributed by atoms with Crippen LogP contribution >= 0.6 is 22.9 Å². The van der Waals surface area contributed by atoms with Gasteiger partial charge in [-0.3, -0.25) is 0 Å². The highest BCUT2D eigenvalue weighted by Gasteiger charge is 2.48.